The number of benzene rings is 3. The van der Waals surface area contributed by atoms with Crippen LogP contribution >= 0.6 is 0 Å². The normalized spacial score (nSPS) is 12.4. The number of nitrogens with one attached hydrogen (secondary N) is 1. The monoisotopic (exact) mass is 728 g/mol. The number of hydrogen-bond donors (Lipinski definition) is 3. The smallest absolute Gasteiger partial charge is 0.338 e. The molecule has 1 aromatic heterocycles. The van der Waals surface area contributed by atoms with E-state index in [-0.39, 0.29) is 55.5 Å². The van der Waals surface area contributed by atoms with Gasteiger partial charge in [-0.15, -0.1) is 0 Å². The number of hydrogen-bond acceptors (Lipinski definition) is 9. The lowest BCUT2D eigenvalue weighted by molar-refractivity contribution is -0.143. The van der Waals surface area contributed by atoms with Gasteiger partial charge in [0.05, 0.1) is 50.1 Å². The molecular formula is C41H45FN2O9. The van der Waals surface area contributed by atoms with Gasteiger partial charge in [0, 0.05) is 35.8 Å². The lowest BCUT2D eigenvalue weighted by atomic mass is 9.94. The second kappa shape index (κ2) is 18.8. The summed E-state index contributed by atoms with van der Waals surface area (Å²) in [7, 11) is 1.21. The summed E-state index contributed by atoms with van der Waals surface area (Å²) in [6, 6.07) is 19.2. The zero-order valence-electron chi connectivity index (χ0n) is 30.4. The van der Waals surface area contributed by atoms with Crippen LogP contribution in [0.15, 0.2) is 78.9 Å². The van der Waals surface area contributed by atoms with E-state index in [1.165, 1.54) is 43.5 Å². The molecule has 3 N–H and O–H groups in total. The molecule has 0 aliphatic rings. The van der Waals surface area contributed by atoms with Crippen molar-refractivity contribution in [1.82, 2.24) is 9.88 Å². The van der Waals surface area contributed by atoms with E-state index < -0.39 is 41.8 Å². The summed E-state index contributed by atoms with van der Waals surface area (Å²) < 4.78 is 31.0. The minimum absolute atomic E-state index is 0.0795. The molecule has 3 aromatic carbocycles. The Morgan fingerprint density at radius 3 is 1.98 bits per heavy atom. The van der Waals surface area contributed by atoms with Crippen molar-refractivity contribution in [2.45, 2.75) is 65.3 Å². The maximum absolute atomic E-state index is 14.5. The van der Waals surface area contributed by atoms with Gasteiger partial charge in [0.2, 0.25) is 0 Å². The van der Waals surface area contributed by atoms with Crippen molar-refractivity contribution in [3.05, 3.63) is 113 Å². The molecule has 0 spiro atoms. The van der Waals surface area contributed by atoms with Crippen LogP contribution in [0.1, 0.15) is 89.0 Å². The SMILES string of the molecule is CCOC(=O)c1cc(CNC(=O)c2c(-c3ccccc3)c(-c3ccc(F)cc3)c(C=C[C@@H](O)C[C@@H](O)CC(=O)OC)n2C(C)C)cc(C(=O)OCC)c1. The van der Waals surface area contributed by atoms with Gasteiger partial charge in [-0.2, -0.15) is 0 Å². The Balaban J connectivity index is 1.87. The first-order chi connectivity index (χ1) is 25.4. The molecule has 53 heavy (non-hydrogen) atoms. The predicted molar refractivity (Wildman–Crippen MR) is 197 cm³/mol. The third-order valence-corrected chi connectivity index (χ3v) is 8.26. The molecule has 0 radical (unpaired) electrons. The molecular weight excluding hydrogens is 683 g/mol. The number of carbonyl (C=O) groups excluding carboxylic acids is 4. The van der Waals surface area contributed by atoms with Crippen molar-refractivity contribution >= 4 is 29.9 Å². The number of carbonyl (C=O) groups is 4. The predicted octanol–water partition coefficient (Wildman–Crippen LogP) is 6.51. The Bertz CT molecular complexity index is 1900. The van der Waals surface area contributed by atoms with Crippen molar-refractivity contribution in [2.24, 2.45) is 0 Å². The quantitative estimate of drug-likeness (QED) is 0.0866. The first kappa shape index (κ1) is 40.2. The van der Waals surface area contributed by atoms with Gasteiger partial charge in [-0.05, 0) is 80.8 Å². The molecule has 0 fully saturated rings. The largest absolute Gasteiger partial charge is 0.469 e. The Morgan fingerprint density at radius 1 is 0.849 bits per heavy atom. The van der Waals surface area contributed by atoms with Gasteiger partial charge in [-0.1, -0.05) is 48.5 Å². The van der Waals surface area contributed by atoms with E-state index >= 15 is 0 Å². The fourth-order valence-corrected chi connectivity index (χ4v) is 5.97. The van der Waals surface area contributed by atoms with E-state index in [9.17, 15) is 33.8 Å². The van der Waals surface area contributed by atoms with Crippen LogP contribution in [0, 0.1) is 5.82 Å². The molecule has 0 aliphatic heterocycles. The Morgan fingerprint density at radius 2 is 1.43 bits per heavy atom. The highest BCUT2D eigenvalue weighted by Gasteiger charge is 2.30. The fourth-order valence-electron chi connectivity index (χ4n) is 5.97. The molecule has 0 saturated heterocycles. The molecule has 0 bridgehead atoms. The third-order valence-electron chi connectivity index (χ3n) is 8.26. The van der Waals surface area contributed by atoms with Gasteiger partial charge in [-0.25, -0.2) is 14.0 Å². The summed E-state index contributed by atoms with van der Waals surface area (Å²) in [6.45, 7) is 7.29. The van der Waals surface area contributed by atoms with Crippen LogP contribution in [0.3, 0.4) is 0 Å². The molecule has 12 heteroatoms. The number of esters is 3. The van der Waals surface area contributed by atoms with E-state index in [1.54, 1.807) is 32.1 Å². The van der Waals surface area contributed by atoms with Crippen molar-refractivity contribution in [2.75, 3.05) is 20.3 Å². The molecule has 0 unspecified atom stereocenters. The van der Waals surface area contributed by atoms with E-state index in [1.807, 2.05) is 48.7 Å². The van der Waals surface area contributed by atoms with E-state index in [4.69, 9.17) is 9.47 Å². The van der Waals surface area contributed by atoms with E-state index in [0.29, 0.717) is 33.5 Å². The number of amides is 1. The highest BCUT2D eigenvalue weighted by atomic mass is 19.1. The number of nitrogens with zero attached hydrogens (tertiary/aromatic N) is 1. The van der Waals surface area contributed by atoms with Crippen molar-refractivity contribution < 1.29 is 48.0 Å². The first-order valence-electron chi connectivity index (χ1n) is 17.3. The van der Waals surface area contributed by atoms with Crippen molar-refractivity contribution in [1.29, 1.82) is 0 Å². The summed E-state index contributed by atoms with van der Waals surface area (Å²) in [5.41, 5.74) is 3.89. The van der Waals surface area contributed by atoms with Gasteiger partial charge in [0.1, 0.15) is 11.5 Å². The number of aliphatic hydroxyl groups excluding tert-OH is 2. The van der Waals surface area contributed by atoms with Crippen LogP contribution in [0.2, 0.25) is 0 Å². The van der Waals surface area contributed by atoms with Crippen LogP contribution in [0.25, 0.3) is 28.3 Å². The average molecular weight is 729 g/mol. The number of halogens is 1. The van der Waals surface area contributed by atoms with E-state index in [0.717, 1.165) is 0 Å². The summed E-state index contributed by atoms with van der Waals surface area (Å²) >= 11 is 0. The molecule has 1 heterocycles. The van der Waals surface area contributed by atoms with Gasteiger partial charge >= 0.3 is 17.9 Å². The number of rotatable bonds is 16. The molecule has 0 saturated carbocycles. The third kappa shape index (κ3) is 10.3. The zero-order chi connectivity index (χ0) is 38.7. The van der Waals surface area contributed by atoms with Crippen molar-refractivity contribution in [3.63, 3.8) is 0 Å². The maximum Gasteiger partial charge on any atom is 0.338 e. The summed E-state index contributed by atoms with van der Waals surface area (Å²) in [6.07, 6.45) is 0.323. The Hall–Kier alpha value is -5.59. The minimum atomic E-state index is -1.18. The van der Waals surface area contributed by atoms with Crippen LogP contribution in [-0.2, 0) is 25.5 Å². The average Bonchev–Trinajstić information content (AvgIpc) is 3.49. The summed E-state index contributed by atoms with van der Waals surface area (Å²) in [5.74, 6) is -2.82. The number of ether oxygens (including phenoxy) is 3. The number of methoxy groups -OCH3 is 1. The molecule has 4 rings (SSSR count). The number of aliphatic hydroxyl groups is 2. The Labute approximate surface area is 308 Å². The molecule has 4 aromatic rings. The van der Waals surface area contributed by atoms with E-state index in [2.05, 4.69) is 10.1 Å². The van der Waals surface area contributed by atoms with Gasteiger partial charge in [-0.3, -0.25) is 9.59 Å². The highest BCUT2D eigenvalue weighted by Crippen LogP contribution is 2.42. The van der Waals surface area contributed by atoms with Gasteiger partial charge in [0.15, 0.2) is 0 Å². The summed E-state index contributed by atoms with van der Waals surface area (Å²) in [4.78, 5) is 51.6. The van der Waals surface area contributed by atoms with Crippen LogP contribution in [0.4, 0.5) is 4.39 Å². The van der Waals surface area contributed by atoms with Crippen LogP contribution < -0.4 is 5.32 Å². The minimum Gasteiger partial charge on any atom is -0.469 e. The van der Waals surface area contributed by atoms with Gasteiger partial charge < -0.3 is 34.3 Å². The lowest BCUT2D eigenvalue weighted by Crippen LogP contribution is -2.27. The van der Waals surface area contributed by atoms with Crippen LogP contribution in [0.5, 0.6) is 0 Å². The Kier molecular flexibility index (Phi) is 14.2. The molecule has 280 valence electrons. The fraction of sp³-hybridized carbons (Fsp3) is 0.317. The second-order valence-corrected chi connectivity index (χ2v) is 12.5. The zero-order valence-corrected chi connectivity index (χ0v) is 30.4. The number of aromatic nitrogens is 1. The van der Waals surface area contributed by atoms with Crippen LogP contribution in [-0.4, -0.2) is 71.1 Å². The maximum atomic E-state index is 14.5. The second-order valence-electron chi connectivity index (χ2n) is 12.5. The lowest BCUT2D eigenvalue weighted by Gasteiger charge is -2.18. The molecule has 11 nitrogen and oxygen atoms in total. The van der Waals surface area contributed by atoms with Crippen molar-refractivity contribution in [3.8, 4) is 22.3 Å². The first-order valence-corrected chi connectivity index (χ1v) is 17.3. The molecule has 0 aliphatic carbocycles. The summed E-state index contributed by atoms with van der Waals surface area (Å²) in [5, 5.41) is 24.2. The standard InChI is InChI=1S/C41H45FN2O9/c1-6-52-40(49)29-19-26(20-30(21-29)41(50)53-7-2)24-43-39(48)38-37(27-11-9-8-10-12-27)36(28-13-15-31(42)16-14-28)34(44(38)25(3)4)18-17-32(45)22-33(46)23-35(47)51-5/h8-21,25,32-33,45-46H,6-7,22-24H2,1-5H3,(H,43,48)/t32-,33-/m1/s1. The molecule has 2 atom stereocenters. The van der Waals surface area contributed by atoms with Gasteiger partial charge in [0.25, 0.3) is 5.91 Å². The highest BCUT2D eigenvalue weighted by molar-refractivity contribution is 6.06. The topological polar surface area (TPSA) is 153 Å². The molecule has 1 amide bonds.